The Hall–Kier alpha value is -1.85. The highest BCUT2D eigenvalue weighted by Crippen LogP contribution is 2.28. The molecule has 0 aliphatic heterocycles. The van der Waals surface area contributed by atoms with Crippen molar-refractivity contribution in [2.45, 2.75) is 20.0 Å². The molecule has 0 N–H and O–H groups in total. The van der Waals surface area contributed by atoms with Gasteiger partial charge in [-0.3, -0.25) is 4.79 Å². The number of carbonyl (C=O) groups is 2. The molecular weight excluding hydrogens is 384 g/mol. The Morgan fingerprint density at radius 1 is 1.13 bits per heavy atom. The van der Waals surface area contributed by atoms with E-state index in [4.69, 9.17) is 21.1 Å². The summed E-state index contributed by atoms with van der Waals surface area (Å²) in [6.45, 7) is 3.06. The minimum absolute atomic E-state index is 0.0334. The summed E-state index contributed by atoms with van der Waals surface area (Å²) in [5.74, 6) is 0.141. The highest BCUT2D eigenvalue weighted by Gasteiger charge is 2.18. The molecule has 4 nitrogen and oxygen atoms in total. The van der Waals surface area contributed by atoms with Crippen LogP contribution in [0, 0.1) is 0 Å². The van der Waals surface area contributed by atoms with Gasteiger partial charge in [-0.05, 0) is 56.3 Å². The Morgan fingerprint density at radius 2 is 1.78 bits per heavy atom. The topological polar surface area (TPSA) is 52.6 Å². The van der Waals surface area contributed by atoms with Gasteiger partial charge in [0.2, 0.25) is 0 Å². The number of benzene rings is 2. The lowest BCUT2D eigenvalue weighted by molar-refractivity contribution is -0.141. The number of ketones is 1. The minimum Gasteiger partial charge on any atom is -0.479 e. The summed E-state index contributed by atoms with van der Waals surface area (Å²) in [4.78, 5) is 23.3. The largest absolute Gasteiger partial charge is 0.479 e. The van der Waals surface area contributed by atoms with Crippen LogP contribution in [0.3, 0.4) is 0 Å². The van der Waals surface area contributed by atoms with Crippen LogP contribution in [0.25, 0.3) is 0 Å². The fraction of sp³-hybridized carbons (Fsp3) is 0.176. The molecule has 0 spiro atoms. The molecule has 0 amide bonds. The van der Waals surface area contributed by atoms with Crippen LogP contribution in [-0.2, 0) is 4.79 Å². The fourth-order valence-corrected chi connectivity index (χ4v) is 2.48. The highest BCUT2D eigenvalue weighted by atomic mass is 79.9. The zero-order valence-corrected chi connectivity index (χ0v) is 14.8. The van der Waals surface area contributed by atoms with E-state index in [1.54, 1.807) is 49.4 Å². The number of hydrogen-bond donors (Lipinski definition) is 0. The van der Waals surface area contributed by atoms with E-state index >= 15 is 0 Å². The first-order valence-corrected chi connectivity index (χ1v) is 7.98. The molecule has 23 heavy (non-hydrogen) atoms. The van der Waals surface area contributed by atoms with Crippen molar-refractivity contribution in [2.75, 3.05) is 0 Å². The second-order valence-corrected chi connectivity index (χ2v) is 6.16. The third-order valence-electron chi connectivity index (χ3n) is 3.01. The van der Waals surface area contributed by atoms with Crippen LogP contribution in [-0.4, -0.2) is 17.9 Å². The van der Waals surface area contributed by atoms with Gasteiger partial charge in [0.25, 0.3) is 0 Å². The van der Waals surface area contributed by atoms with Gasteiger partial charge >= 0.3 is 5.97 Å². The van der Waals surface area contributed by atoms with Crippen molar-refractivity contribution >= 4 is 39.3 Å². The van der Waals surface area contributed by atoms with Gasteiger partial charge in [0.15, 0.2) is 11.9 Å². The van der Waals surface area contributed by atoms with Crippen molar-refractivity contribution < 1.29 is 19.1 Å². The molecule has 0 bridgehead atoms. The number of halogens is 2. The average molecular weight is 398 g/mol. The molecule has 2 aromatic carbocycles. The standard InChI is InChI=1S/C17H14BrClO4/c1-10(20)12-3-6-14(7-4-12)22-11(2)17(21)23-16-8-5-13(18)9-15(16)19/h3-9,11H,1-2H3/t11-/m0/s1. The molecule has 0 aromatic heterocycles. The van der Waals surface area contributed by atoms with Gasteiger partial charge < -0.3 is 9.47 Å². The zero-order chi connectivity index (χ0) is 17.0. The summed E-state index contributed by atoms with van der Waals surface area (Å²) in [5, 5.41) is 0.325. The molecule has 6 heteroatoms. The molecule has 1 atom stereocenters. The maximum atomic E-state index is 12.1. The Morgan fingerprint density at radius 3 is 2.35 bits per heavy atom. The van der Waals surface area contributed by atoms with Crippen molar-refractivity contribution in [3.63, 3.8) is 0 Å². The summed E-state index contributed by atoms with van der Waals surface area (Å²) in [5.41, 5.74) is 0.578. The van der Waals surface area contributed by atoms with Crippen molar-refractivity contribution in [2.24, 2.45) is 0 Å². The highest BCUT2D eigenvalue weighted by molar-refractivity contribution is 9.10. The number of ether oxygens (including phenoxy) is 2. The van der Waals surface area contributed by atoms with Gasteiger partial charge in [0.05, 0.1) is 5.02 Å². The molecule has 0 saturated carbocycles. The van der Waals surface area contributed by atoms with Crippen LogP contribution < -0.4 is 9.47 Å². The van der Waals surface area contributed by atoms with E-state index < -0.39 is 12.1 Å². The third-order valence-corrected chi connectivity index (χ3v) is 3.80. The van der Waals surface area contributed by atoms with Crippen molar-refractivity contribution in [1.29, 1.82) is 0 Å². The normalized spacial score (nSPS) is 11.7. The summed E-state index contributed by atoms with van der Waals surface area (Å²) < 4.78 is 11.5. The number of Topliss-reactive ketones (excluding diaryl/α,β-unsaturated/α-hetero) is 1. The van der Waals surface area contributed by atoms with Crippen LogP contribution in [0.1, 0.15) is 24.2 Å². The predicted octanol–water partition coefficient (Wildman–Crippen LogP) is 4.68. The Labute approximate surface area is 147 Å². The lowest BCUT2D eigenvalue weighted by atomic mass is 10.1. The summed E-state index contributed by atoms with van der Waals surface area (Å²) in [6, 6.07) is 11.5. The third kappa shape index (κ3) is 4.81. The first-order chi connectivity index (χ1) is 10.9. The maximum Gasteiger partial charge on any atom is 0.352 e. The molecule has 0 radical (unpaired) electrons. The maximum absolute atomic E-state index is 12.1. The first-order valence-electron chi connectivity index (χ1n) is 6.81. The van der Waals surface area contributed by atoms with Crippen LogP contribution in [0.15, 0.2) is 46.9 Å². The van der Waals surface area contributed by atoms with E-state index in [-0.39, 0.29) is 11.5 Å². The van der Waals surface area contributed by atoms with Crippen LogP contribution in [0.2, 0.25) is 5.02 Å². The van der Waals surface area contributed by atoms with E-state index in [2.05, 4.69) is 15.9 Å². The lowest BCUT2D eigenvalue weighted by Gasteiger charge is -2.14. The zero-order valence-electron chi connectivity index (χ0n) is 12.5. The molecular formula is C17H14BrClO4. The van der Waals surface area contributed by atoms with Crippen LogP contribution in [0.4, 0.5) is 0 Å². The molecule has 2 rings (SSSR count). The van der Waals surface area contributed by atoms with Gasteiger partial charge in [0, 0.05) is 10.0 Å². The molecule has 0 unspecified atom stereocenters. The summed E-state index contributed by atoms with van der Waals surface area (Å²) >= 11 is 9.28. The number of esters is 1. The van der Waals surface area contributed by atoms with Crippen molar-refractivity contribution in [1.82, 2.24) is 0 Å². The van der Waals surface area contributed by atoms with E-state index in [9.17, 15) is 9.59 Å². The van der Waals surface area contributed by atoms with Gasteiger partial charge in [-0.15, -0.1) is 0 Å². The number of rotatable bonds is 5. The van der Waals surface area contributed by atoms with Gasteiger partial charge in [0.1, 0.15) is 11.5 Å². The molecule has 0 heterocycles. The van der Waals surface area contributed by atoms with E-state index in [0.29, 0.717) is 16.3 Å². The second kappa shape index (κ2) is 7.62. The summed E-state index contributed by atoms with van der Waals surface area (Å²) in [7, 11) is 0. The van der Waals surface area contributed by atoms with E-state index in [0.717, 1.165) is 4.47 Å². The average Bonchev–Trinajstić information content (AvgIpc) is 2.50. The van der Waals surface area contributed by atoms with Gasteiger partial charge in [-0.1, -0.05) is 27.5 Å². The van der Waals surface area contributed by atoms with Crippen molar-refractivity contribution in [3.05, 3.63) is 57.5 Å². The number of hydrogen-bond acceptors (Lipinski definition) is 4. The Balaban J connectivity index is 2.00. The number of carbonyl (C=O) groups excluding carboxylic acids is 2. The van der Waals surface area contributed by atoms with Crippen molar-refractivity contribution in [3.8, 4) is 11.5 Å². The SMILES string of the molecule is CC(=O)c1ccc(O[C@@H](C)C(=O)Oc2ccc(Br)cc2Cl)cc1. The van der Waals surface area contributed by atoms with E-state index in [1.165, 1.54) is 6.92 Å². The molecule has 0 aliphatic carbocycles. The minimum atomic E-state index is -0.821. The second-order valence-electron chi connectivity index (χ2n) is 4.84. The van der Waals surface area contributed by atoms with Gasteiger partial charge in [-0.2, -0.15) is 0 Å². The molecule has 0 aliphatic rings. The van der Waals surface area contributed by atoms with Crippen LogP contribution >= 0.6 is 27.5 Å². The molecule has 0 saturated heterocycles. The lowest BCUT2D eigenvalue weighted by Crippen LogP contribution is -2.28. The Bertz CT molecular complexity index is 728. The molecule has 2 aromatic rings. The molecule has 120 valence electrons. The quantitative estimate of drug-likeness (QED) is 0.418. The van der Waals surface area contributed by atoms with E-state index in [1.807, 2.05) is 0 Å². The first kappa shape index (κ1) is 17.5. The van der Waals surface area contributed by atoms with Crippen LogP contribution in [0.5, 0.6) is 11.5 Å². The molecule has 0 fully saturated rings. The fourth-order valence-electron chi connectivity index (χ4n) is 1.77. The summed E-state index contributed by atoms with van der Waals surface area (Å²) in [6.07, 6.45) is -0.821. The Kier molecular flexibility index (Phi) is 5.80. The predicted molar refractivity (Wildman–Crippen MR) is 91.3 cm³/mol. The van der Waals surface area contributed by atoms with Gasteiger partial charge in [-0.25, -0.2) is 4.79 Å². The smallest absolute Gasteiger partial charge is 0.352 e. The monoisotopic (exact) mass is 396 g/mol.